The molecule has 1 heterocycles. The number of amides is 1. The molecule has 0 saturated heterocycles. The standard InChI is InChI=1S/C12H19N3O2S/c1-8-9(18-11(13)15-8)10(17)14-6-12(7-16)4-2-3-5-12/h16H,2-7H2,1H3,(H2,13,15)(H,14,17). The van der Waals surface area contributed by atoms with Crippen molar-refractivity contribution in [1.29, 1.82) is 0 Å². The Labute approximate surface area is 110 Å². The third-order valence-corrected chi connectivity index (χ3v) is 4.63. The number of hydrogen-bond donors (Lipinski definition) is 3. The first-order valence-electron chi connectivity index (χ1n) is 6.18. The average molecular weight is 269 g/mol. The van der Waals surface area contributed by atoms with Gasteiger partial charge in [-0.05, 0) is 19.8 Å². The number of nitrogen functional groups attached to an aromatic ring is 1. The maximum absolute atomic E-state index is 12.0. The van der Waals surface area contributed by atoms with Crippen LogP contribution in [0.1, 0.15) is 41.0 Å². The smallest absolute Gasteiger partial charge is 0.263 e. The Hall–Kier alpha value is -1.14. The van der Waals surface area contributed by atoms with Crippen molar-refractivity contribution in [1.82, 2.24) is 10.3 Å². The summed E-state index contributed by atoms with van der Waals surface area (Å²) in [6, 6.07) is 0. The molecule has 0 spiro atoms. The Balaban J connectivity index is 1.98. The molecule has 0 radical (unpaired) electrons. The second kappa shape index (κ2) is 5.24. The Bertz CT molecular complexity index is 439. The van der Waals surface area contributed by atoms with Gasteiger partial charge in [-0.2, -0.15) is 0 Å². The van der Waals surface area contributed by atoms with Crippen molar-refractivity contribution in [3.05, 3.63) is 10.6 Å². The lowest BCUT2D eigenvalue weighted by atomic mass is 9.87. The molecule has 18 heavy (non-hydrogen) atoms. The van der Waals surface area contributed by atoms with Crippen LogP contribution in [0.3, 0.4) is 0 Å². The molecule has 0 bridgehead atoms. The van der Waals surface area contributed by atoms with Crippen LogP contribution in [0.15, 0.2) is 0 Å². The van der Waals surface area contributed by atoms with Gasteiger partial charge in [0, 0.05) is 12.0 Å². The van der Waals surface area contributed by atoms with Crippen LogP contribution in [0.25, 0.3) is 0 Å². The molecule has 1 amide bonds. The van der Waals surface area contributed by atoms with Crippen LogP contribution in [0, 0.1) is 12.3 Å². The number of nitrogens with zero attached hydrogens (tertiary/aromatic N) is 1. The van der Waals surface area contributed by atoms with Gasteiger partial charge < -0.3 is 16.2 Å². The Morgan fingerprint density at radius 3 is 2.72 bits per heavy atom. The Kier molecular flexibility index (Phi) is 3.87. The molecule has 1 aliphatic carbocycles. The normalized spacial score (nSPS) is 17.9. The van der Waals surface area contributed by atoms with E-state index in [0.717, 1.165) is 25.7 Å². The number of nitrogens with two attached hydrogens (primary N) is 1. The predicted octanol–water partition coefficient (Wildman–Crippen LogP) is 1.32. The number of carbonyl (C=O) groups is 1. The second-order valence-electron chi connectivity index (χ2n) is 5.01. The first-order valence-corrected chi connectivity index (χ1v) is 7.00. The molecule has 1 saturated carbocycles. The van der Waals surface area contributed by atoms with Crippen LogP contribution >= 0.6 is 11.3 Å². The lowest BCUT2D eigenvalue weighted by molar-refractivity contribution is 0.0883. The van der Waals surface area contributed by atoms with E-state index < -0.39 is 0 Å². The maximum atomic E-state index is 12.0. The number of aryl methyl sites for hydroxylation is 1. The number of nitrogens with one attached hydrogen (secondary N) is 1. The molecule has 2 rings (SSSR count). The molecular formula is C12H19N3O2S. The van der Waals surface area contributed by atoms with E-state index in [1.807, 2.05) is 0 Å². The van der Waals surface area contributed by atoms with Crippen LogP contribution < -0.4 is 11.1 Å². The van der Waals surface area contributed by atoms with Crippen molar-refractivity contribution in [2.75, 3.05) is 18.9 Å². The molecule has 6 heteroatoms. The van der Waals surface area contributed by atoms with Gasteiger partial charge in [0.1, 0.15) is 4.88 Å². The van der Waals surface area contributed by atoms with E-state index in [1.165, 1.54) is 11.3 Å². The minimum absolute atomic E-state index is 0.125. The van der Waals surface area contributed by atoms with Crippen molar-refractivity contribution in [2.24, 2.45) is 5.41 Å². The molecule has 0 aromatic carbocycles. The van der Waals surface area contributed by atoms with E-state index in [9.17, 15) is 9.90 Å². The summed E-state index contributed by atoms with van der Waals surface area (Å²) < 4.78 is 0. The van der Waals surface area contributed by atoms with Crippen LogP contribution in [0.4, 0.5) is 5.13 Å². The van der Waals surface area contributed by atoms with E-state index >= 15 is 0 Å². The zero-order chi connectivity index (χ0) is 13.2. The largest absolute Gasteiger partial charge is 0.396 e. The number of aromatic nitrogens is 1. The van der Waals surface area contributed by atoms with Crippen molar-refractivity contribution in [3.63, 3.8) is 0 Å². The molecular weight excluding hydrogens is 250 g/mol. The van der Waals surface area contributed by atoms with Gasteiger partial charge in [0.05, 0.1) is 12.3 Å². The molecule has 100 valence electrons. The fourth-order valence-corrected chi connectivity index (χ4v) is 3.24. The molecule has 4 N–H and O–H groups in total. The van der Waals surface area contributed by atoms with Crippen molar-refractivity contribution in [2.45, 2.75) is 32.6 Å². The zero-order valence-corrected chi connectivity index (χ0v) is 11.3. The highest BCUT2D eigenvalue weighted by molar-refractivity contribution is 7.17. The monoisotopic (exact) mass is 269 g/mol. The van der Waals surface area contributed by atoms with E-state index in [4.69, 9.17) is 5.73 Å². The molecule has 0 aliphatic heterocycles. The van der Waals surface area contributed by atoms with Gasteiger partial charge in [-0.15, -0.1) is 0 Å². The number of aliphatic hydroxyl groups excluding tert-OH is 1. The van der Waals surface area contributed by atoms with Crippen LogP contribution in [-0.2, 0) is 0 Å². The summed E-state index contributed by atoms with van der Waals surface area (Å²) in [6.07, 6.45) is 4.22. The number of aliphatic hydroxyl groups is 1. The number of hydrogen-bond acceptors (Lipinski definition) is 5. The molecule has 1 fully saturated rings. The third-order valence-electron chi connectivity index (χ3n) is 3.64. The summed E-state index contributed by atoms with van der Waals surface area (Å²) in [7, 11) is 0. The highest BCUT2D eigenvalue weighted by Crippen LogP contribution is 2.37. The first kappa shape index (κ1) is 13.3. The van der Waals surface area contributed by atoms with Crippen molar-refractivity contribution < 1.29 is 9.90 Å². The lowest BCUT2D eigenvalue weighted by Crippen LogP contribution is -2.38. The average Bonchev–Trinajstić information content (AvgIpc) is 2.94. The van der Waals surface area contributed by atoms with Crippen molar-refractivity contribution >= 4 is 22.4 Å². The summed E-state index contributed by atoms with van der Waals surface area (Å²) in [5, 5.41) is 12.8. The number of rotatable bonds is 4. The summed E-state index contributed by atoms with van der Waals surface area (Å²) in [6.45, 7) is 2.44. The van der Waals surface area contributed by atoms with Gasteiger partial charge in [-0.3, -0.25) is 4.79 Å². The maximum Gasteiger partial charge on any atom is 0.263 e. The Morgan fingerprint density at radius 1 is 1.56 bits per heavy atom. The summed E-state index contributed by atoms with van der Waals surface area (Å²) in [4.78, 5) is 16.6. The SMILES string of the molecule is Cc1nc(N)sc1C(=O)NCC1(CO)CCCC1. The van der Waals surface area contributed by atoms with Gasteiger partial charge in [-0.1, -0.05) is 24.2 Å². The summed E-state index contributed by atoms with van der Waals surface area (Å²) in [5.41, 5.74) is 6.12. The molecule has 1 aromatic heterocycles. The highest BCUT2D eigenvalue weighted by atomic mass is 32.1. The van der Waals surface area contributed by atoms with Crippen LogP contribution in [0.5, 0.6) is 0 Å². The fraction of sp³-hybridized carbons (Fsp3) is 0.667. The van der Waals surface area contributed by atoms with E-state index in [1.54, 1.807) is 6.92 Å². The number of anilines is 1. The Morgan fingerprint density at radius 2 is 2.22 bits per heavy atom. The predicted molar refractivity (Wildman–Crippen MR) is 71.6 cm³/mol. The summed E-state index contributed by atoms with van der Waals surface area (Å²) in [5.74, 6) is -0.138. The fourth-order valence-electron chi connectivity index (χ4n) is 2.49. The lowest BCUT2D eigenvalue weighted by Gasteiger charge is -2.26. The quantitative estimate of drug-likeness (QED) is 0.769. The van der Waals surface area contributed by atoms with Gasteiger partial charge in [0.2, 0.25) is 0 Å². The molecule has 1 aromatic rings. The van der Waals surface area contributed by atoms with Crippen molar-refractivity contribution in [3.8, 4) is 0 Å². The van der Waals surface area contributed by atoms with Gasteiger partial charge in [-0.25, -0.2) is 4.98 Å². The van der Waals surface area contributed by atoms with Crippen LogP contribution in [0.2, 0.25) is 0 Å². The second-order valence-corrected chi connectivity index (χ2v) is 6.05. The van der Waals surface area contributed by atoms with Gasteiger partial charge >= 0.3 is 0 Å². The third kappa shape index (κ3) is 2.64. The van der Waals surface area contributed by atoms with Crippen LogP contribution in [-0.4, -0.2) is 29.1 Å². The summed E-state index contributed by atoms with van der Waals surface area (Å²) >= 11 is 1.20. The minimum Gasteiger partial charge on any atom is -0.396 e. The topological polar surface area (TPSA) is 88.2 Å². The van der Waals surface area contributed by atoms with E-state index in [-0.39, 0.29) is 17.9 Å². The van der Waals surface area contributed by atoms with E-state index in [0.29, 0.717) is 22.2 Å². The molecule has 1 aliphatic rings. The number of carbonyl (C=O) groups excluding carboxylic acids is 1. The molecule has 0 atom stereocenters. The van der Waals surface area contributed by atoms with Gasteiger partial charge in [0.15, 0.2) is 5.13 Å². The minimum atomic E-state index is -0.138. The molecule has 5 nitrogen and oxygen atoms in total. The number of thiazole rings is 1. The molecule has 0 unspecified atom stereocenters. The van der Waals surface area contributed by atoms with E-state index in [2.05, 4.69) is 10.3 Å². The van der Waals surface area contributed by atoms with Gasteiger partial charge in [0.25, 0.3) is 5.91 Å². The first-order chi connectivity index (χ1) is 8.56. The zero-order valence-electron chi connectivity index (χ0n) is 10.5. The highest BCUT2D eigenvalue weighted by Gasteiger charge is 2.33.